The highest BCUT2D eigenvalue weighted by Crippen LogP contribution is 2.33. The second kappa shape index (κ2) is 9.94. The molecule has 0 aliphatic carbocycles. The van der Waals surface area contributed by atoms with Crippen molar-refractivity contribution in [3.8, 4) is 5.75 Å². The summed E-state index contributed by atoms with van der Waals surface area (Å²) in [6.07, 6.45) is 2.72. The van der Waals surface area contributed by atoms with E-state index in [1.54, 1.807) is 6.08 Å². The fourth-order valence-corrected chi connectivity index (χ4v) is 5.61. The van der Waals surface area contributed by atoms with E-state index in [0.29, 0.717) is 44.8 Å². The van der Waals surface area contributed by atoms with E-state index < -0.39 is 15.6 Å². The minimum atomic E-state index is -3.42. The molecule has 2 aliphatic rings. The fourth-order valence-electron chi connectivity index (χ4n) is 4.07. The minimum Gasteiger partial charge on any atom is -0.494 e. The zero-order valence-corrected chi connectivity index (χ0v) is 19.4. The number of nitrogens with zero attached hydrogens (tertiary/aromatic N) is 1. The van der Waals surface area contributed by atoms with E-state index in [-0.39, 0.29) is 11.7 Å². The predicted octanol–water partition coefficient (Wildman–Crippen LogP) is 2.48. The number of hydroxylamine groups is 1. The van der Waals surface area contributed by atoms with Crippen LogP contribution in [0.15, 0.2) is 66.4 Å². The number of hydrogen-bond acceptors (Lipinski definition) is 6. The van der Waals surface area contributed by atoms with Crippen molar-refractivity contribution in [3.63, 3.8) is 0 Å². The first-order chi connectivity index (χ1) is 15.9. The monoisotopic (exact) mass is 471 g/mol. The maximum absolute atomic E-state index is 12.8. The van der Waals surface area contributed by atoms with Gasteiger partial charge in [-0.15, -0.1) is 0 Å². The highest BCUT2D eigenvalue weighted by atomic mass is 32.2. The number of nitrogens with one attached hydrogen (secondary N) is 2. The molecule has 1 fully saturated rings. The van der Waals surface area contributed by atoms with Crippen molar-refractivity contribution in [2.75, 3.05) is 19.7 Å². The molecule has 9 heteroatoms. The number of benzene rings is 2. The molecule has 1 amide bonds. The van der Waals surface area contributed by atoms with Crippen molar-refractivity contribution in [3.05, 3.63) is 77.5 Å². The van der Waals surface area contributed by atoms with Crippen molar-refractivity contribution in [1.82, 2.24) is 15.1 Å². The third-order valence-corrected chi connectivity index (χ3v) is 7.73. The Kier molecular flexibility index (Phi) is 7.02. The number of hydrogen-bond donors (Lipinski definition) is 2. The Morgan fingerprint density at radius 2 is 1.82 bits per heavy atom. The first-order valence-corrected chi connectivity index (χ1v) is 12.7. The van der Waals surface area contributed by atoms with E-state index >= 15 is 0 Å². The van der Waals surface area contributed by atoms with Gasteiger partial charge in [-0.3, -0.25) is 15.1 Å². The van der Waals surface area contributed by atoms with Gasteiger partial charge in [-0.25, -0.2) is 12.7 Å². The van der Waals surface area contributed by atoms with Crippen LogP contribution in [0.2, 0.25) is 0 Å². The number of sulfonamides is 1. The number of para-hydroxylation sites is 1. The molecule has 1 saturated heterocycles. The van der Waals surface area contributed by atoms with Gasteiger partial charge in [0.2, 0.25) is 10.0 Å². The van der Waals surface area contributed by atoms with Gasteiger partial charge in [-0.2, -0.15) is 0 Å². The van der Waals surface area contributed by atoms with Gasteiger partial charge < -0.3 is 10.1 Å². The summed E-state index contributed by atoms with van der Waals surface area (Å²) in [5.41, 5.74) is 4.04. The molecule has 2 heterocycles. The molecule has 2 aliphatic heterocycles. The van der Waals surface area contributed by atoms with E-state index in [1.807, 2.05) is 61.5 Å². The highest BCUT2D eigenvalue weighted by molar-refractivity contribution is 7.88. The molecule has 0 saturated carbocycles. The molecular weight excluding hydrogens is 442 g/mol. The Labute approximate surface area is 194 Å². The molecule has 176 valence electrons. The van der Waals surface area contributed by atoms with Gasteiger partial charge in [0.25, 0.3) is 5.91 Å². The minimum absolute atomic E-state index is 0.0212. The maximum atomic E-state index is 12.8. The lowest BCUT2D eigenvalue weighted by Gasteiger charge is -2.35. The summed E-state index contributed by atoms with van der Waals surface area (Å²) < 4.78 is 32.7. The molecular formula is C24H29N3O5S. The summed E-state index contributed by atoms with van der Waals surface area (Å²) in [6.45, 7) is 3.46. The van der Waals surface area contributed by atoms with Gasteiger partial charge in [-0.1, -0.05) is 48.5 Å². The Balaban J connectivity index is 1.34. The molecule has 0 bridgehead atoms. The number of piperidine rings is 1. The van der Waals surface area contributed by atoms with Crippen LogP contribution >= 0.6 is 0 Å². The quantitative estimate of drug-likeness (QED) is 0.614. The first-order valence-electron chi connectivity index (χ1n) is 11.1. The molecule has 1 spiro atoms. The van der Waals surface area contributed by atoms with Crippen molar-refractivity contribution >= 4 is 15.9 Å². The summed E-state index contributed by atoms with van der Waals surface area (Å²) in [5, 5.41) is 2.89. The number of carbonyl (C=O) groups excluding carboxylic acids is 1. The summed E-state index contributed by atoms with van der Waals surface area (Å²) in [4.78, 5) is 18.4. The third kappa shape index (κ3) is 5.55. The van der Waals surface area contributed by atoms with Gasteiger partial charge in [0.1, 0.15) is 17.0 Å². The zero-order valence-electron chi connectivity index (χ0n) is 18.6. The van der Waals surface area contributed by atoms with Crippen LogP contribution in [0.4, 0.5) is 0 Å². The Morgan fingerprint density at radius 3 is 2.55 bits per heavy atom. The van der Waals surface area contributed by atoms with Crippen LogP contribution in [0.3, 0.4) is 0 Å². The van der Waals surface area contributed by atoms with E-state index in [9.17, 15) is 13.2 Å². The molecule has 0 aromatic heterocycles. The summed E-state index contributed by atoms with van der Waals surface area (Å²) in [7, 11) is -3.42. The van der Waals surface area contributed by atoms with E-state index in [0.717, 1.165) is 16.9 Å². The second-order valence-electron chi connectivity index (χ2n) is 8.19. The fraction of sp³-hybridized carbons (Fsp3) is 0.375. The summed E-state index contributed by atoms with van der Waals surface area (Å²) in [5.74, 6) is 0.440. The smallest absolute Gasteiger partial charge is 0.269 e. The van der Waals surface area contributed by atoms with Crippen LogP contribution < -0.4 is 15.5 Å². The number of rotatable bonds is 8. The lowest BCUT2D eigenvalue weighted by Crippen LogP contribution is -2.47. The van der Waals surface area contributed by atoms with E-state index in [1.165, 1.54) is 4.31 Å². The Hall–Kier alpha value is -2.88. The van der Waals surface area contributed by atoms with Gasteiger partial charge >= 0.3 is 0 Å². The van der Waals surface area contributed by atoms with E-state index in [2.05, 4.69) is 10.8 Å². The van der Waals surface area contributed by atoms with E-state index in [4.69, 9.17) is 9.57 Å². The normalized spacial score (nSPS) is 17.9. The molecule has 2 aromatic carbocycles. The van der Waals surface area contributed by atoms with Crippen molar-refractivity contribution in [2.45, 2.75) is 37.7 Å². The standard InChI is InChI=1S/C24H29N3O5S/c1-2-31-22-11-7-6-10-20(22)17-25-23(28)21-16-24(32-26-21)12-14-27(15-13-24)33(29,30)18-19-8-4-3-5-9-19/h3-11,16,26H,2,12-15,17-18H2,1H3,(H,25,28). The number of ether oxygens (including phenoxy) is 1. The van der Waals surface area contributed by atoms with Gasteiger partial charge in [0.05, 0.1) is 12.4 Å². The first kappa shape index (κ1) is 23.3. The van der Waals surface area contributed by atoms with Crippen LogP contribution in [-0.2, 0) is 32.0 Å². The van der Waals surface area contributed by atoms with Crippen LogP contribution in [0.1, 0.15) is 30.9 Å². The van der Waals surface area contributed by atoms with Crippen molar-refractivity contribution < 1.29 is 22.8 Å². The molecule has 2 aromatic rings. The molecule has 0 unspecified atom stereocenters. The lowest BCUT2D eigenvalue weighted by atomic mass is 9.92. The summed E-state index contributed by atoms with van der Waals surface area (Å²) >= 11 is 0. The van der Waals surface area contributed by atoms with Crippen LogP contribution in [0.5, 0.6) is 5.75 Å². The average molecular weight is 472 g/mol. The topological polar surface area (TPSA) is 97.0 Å². The SMILES string of the molecule is CCOc1ccccc1CNC(=O)C1=CC2(CCN(S(=O)(=O)Cc3ccccc3)CC2)ON1. The van der Waals surface area contributed by atoms with Gasteiger partial charge in [0, 0.05) is 25.2 Å². The lowest BCUT2D eigenvalue weighted by molar-refractivity contribution is -0.120. The van der Waals surface area contributed by atoms with Crippen LogP contribution in [0.25, 0.3) is 0 Å². The van der Waals surface area contributed by atoms with Gasteiger partial charge in [-0.05, 0) is 37.5 Å². The summed E-state index contributed by atoms with van der Waals surface area (Å²) in [6, 6.07) is 16.7. The molecule has 8 nitrogen and oxygen atoms in total. The van der Waals surface area contributed by atoms with Crippen molar-refractivity contribution in [1.29, 1.82) is 0 Å². The van der Waals surface area contributed by atoms with Gasteiger partial charge in [0.15, 0.2) is 0 Å². The van der Waals surface area contributed by atoms with Crippen LogP contribution in [-0.4, -0.2) is 43.9 Å². The average Bonchev–Trinajstić information content (AvgIpc) is 3.22. The number of carbonyl (C=O) groups is 1. The third-order valence-electron chi connectivity index (χ3n) is 5.88. The largest absolute Gasteiger partial charge is 0.494 e. The Bertz CT molecular complexity index is 1110. The van der Waals surface area contributed by atoms with Crippen molar-refractivity contribution in [2.24, 2.45) is 0 Å². The number of amides is 1. The predicted molar refractivity (Wildman–Crippen MR) is 124 cm³/mol. The Morgan fingerprint density at radius 1 is 1.12 bits per heavy atom. The molecule has 4 rings (SSSR count). The van der Waals surface area contributed by atoms with Crippen LogP contribution in [0, 0.1) is 0 Å². The highest BCUT2D eigenvalue weighted by Gasteiger charge is 2.42. The second-order valence-corrected chi connectivity index (χ2v) is 10.2. The molecule has 33 heavy (non-hydrogen) atoms. The maximum Gasteiger partial charge on any atom is 0.269 e. The zero-order chi connectivity index (χ0) is 23.3. The molecule has 2 N–H and O–H groups in total. The molecule has 0 radical (unpaired) electrons. The molecule has 0 atom stereocenters.